The predicted octanol–water partition coefficient (Wildman–Crippen LogP) is 5.69. The van der Waals surface area contributed by atoms with Crippen LogP contribution in [0.25, 0.3) is 0 Å². The molecule has 2 aromatic carbocycles. The van der Waals surface area contributed by atoms with E-state index in [2.05, 4.69) is 12.6 Å². The fourth-order valence-corrected chi connectivity index (χ4v) is 6.53. The Labute approximate surface area is 199 Å². The van der Waals surface area contributed by atoms with Crippen molar-refractivity contribution in [3.05, 3.63) is 71.5 Å². The third kappa shape index (κ3) is 6.54. The Morgan fingerprint density at radius 3 is 2.03 bits per heavy atom. The largest absolute Gasteiger partial charge is 0.481 e. The van der Waals surface area contributed by atoms with E-state index in [1.807, 2.05) is 0 Å². The minimum absolute atomic E-state index is 0.0229. The van der Waals surface area contributed by atoms with Crippen molar-refractivity contribution in [2.24, 2.45) is 11.8 Å². The van der Waals surface area contributed by atoms with E-state index in [1.54, 1.807) is 51.1 Å². The van der Waals surface area contributed by atoms with Crippen LogP contribution in [0.15, 0.2) is 54.6 Å². The predicted molar refractivity (Wildman–Crippen MR) is 129 cm³/mol. The van der Waals surface area contributed by atoms with Crippen molar-refractivity contribution in [2.75, 3.05) is 19.0 Å². The first-order chi connectivity index (χ1) is 15.7. The first kappa shape index (κ1) is 27.3. The minimum atomic E-state index is -4.17. The molecule has 0 aliphatic carbocycles. The van der Waals surface area contributed by atoms with E-state index in [-0.39, 0.29) is 24.5 Å². The summed E-state index contributed by atoms with van der Waals surface area (Å²) in [6.45, 7) is 4.90. The second kappa shape index (κ2) is 12.5. The molecule has 0 saturated carbocycles. The first-order valence-electron chi connectivity index (χ1n) is 10.8. The Balaban J connectivity index is 2.76. The molecule has 0 fully saturated rings. The standard InChI is InChI=1S/C24H30FO6PS/c1-4-30-32(29,31-5-2)23(24(27)28)20(16(3)15-33)21(17-9-7-6-8-10-17)22(26)18-11-13-19(25)14-12-18/h6-14,16,20-21,23,33H,4-5,15H2,1-3H3,(H,27,28). The molecule has 0 saturated heterocycles. The highest BCUT2D eigenvalue weighted by Gasteiger charge is 2.52. The molecule has 6 nitrogen and oxygen atoms in total. The highest BCUT2D eigenvalue weighted by Crippen LogP contribution is 2.59. The number of rotatable bonds is 13. The van der Waals surface area contributed by atoms with Gasteiger partial charge in [-0.15, -0.1) is 0 Å². The maximum Gasteiger partial charge on any atom is 0.345 e. The third-order valence-corrected chi connectivity index (χ3v) is 8.53. The molecule has 1 N–H and O–H groups in total. The molecule has 4 unspecified atom stereocenters. The van der Waals surface area contributed by atoms with Gasteiger partial charge in [-0.25, -0.2) is 4.39 Å². The van der Waals surface area contributed by atoms with Crippen LogP contribution < -0.4 is 0 Å². The van der Waals surface area contributed by atoms with Crippen LogP contribution in [0.4, 0.5) is 4.39 Å². The molecule has 0 aliphatic heterocycles. The van der Waals surface area contributed by atoms with Gasteiger partial charge in [0.15, 0.2) is 11.4 Å². The lowest BCUT2D eigenvalue weighted by Gasteiger charge is -2.37. The number of Topliss-reactive ketones (excluding diaryl/α,β-unsaturated/α-hetero) is 1. The Morgan fingerprint density at radius 2 is 1.58 bits per heavy atom. The number of hydrogen-bond acceptors (Lipinski definition) is 6. The van der Waals surface area contributed by atoms with Crippen LogP contribution in [-0.2, 0) is 18.4 Å². The van der Waals surface area contributed by atoms with Crippen LogP contribution in [0.2, 0.25) is 0 Å². The lowest BCUT2D eigenvalue weighted by molar-refractivity contribution is -0.138. The fourth-order valence-electron chi connectivity index (χ4n) is 4.01. The summed E-state index contributed by atoms with van der Waals surface area (Å²) in [7, 11) is -4.17. The minimum Gasteiger partial charge on any atom is -0.481 e. The summed E-state index contributed by atoms with van der Waals surface area (Å²) >= 11 is 4.37. The Hall–Kier alpha value is -1.99. The molecule has 180 valence electrons. The van der Waals surface area contributed by atoms with Crippen LogP contribution in [0.5, 0.6) is 0 Å². The van der Waals surface area contributed by atoms with E-state index in [1.165, 1.54) is 24.3 Å². The summed E-state index contributed by atoms with van der Waals surface area (Å²) in [4.78, 5) is 26.4. The second-order valence-electron chi connectivity index (χ2n) is 7.66. The monoisotopic (exact) mass is 496 g/mol. The topological polar surface area (TPSA) is 89.9 Å². The van der Waals surface area contributed by atoms with Crippen molar-refractivity contribution in [2.45, 2.75) is 32.3 Å². The van der Waals surface area contributed by atoms with Crippen molar-refractivity contribution in [1.82, 2.24) is 0 Å². The SMILES string of the molecule is CCOP(=O)(OCC)C(C(=O)O)C(C(C)CS)C(C(=O)c1ccc(F)cc1)c1ccccc1. The number of carbonyl (C=O) groups excluding carboxylic acids is 1. The highest BCUT2D eigenvalue weighted by molar-refractivity contribution is 7.80. The lowest BCUT2D eigenvalue weighted by Crippen LogP contribution is -2.41. The molecule has 33 heavy (non-hydrogen) atoms. The van der Waals surface area contributed by atoms with Crippen molar-refractivity contribution >= 4 is 32.0 Å². The summed E-state index contributed by atoms with van der Waals surface area (Å²) in [5.74, 6) is -4.51. The van der Waals surface area contributed by atoms with Gasteiger partial charge in [-0.05, 0) is 55.3 Å². The Kier molecular flexibility index (Phi) is 10.3. The fraction of sp³-hybridized carbons (Fsp3) is 0.417. The van der Waals surface area contributed by atoms with E-state index in [9.17, 15) is 23.7 Å². The lowest BCUT2D eigenvalue weighted by atomic mass is 9.73. The Bertz CT molecular complexity index is 959. The van der Waals surface area contributed by atoms with E-state index in [4.69, 9.17) is 9.05 Å². The van der Waals surface area contributed by atoms with Crippen molar-refractivity contribution in [3.63, 3.8) is 0 Å². The molecule has 0 bridgehead atoms. The molecular weight excluding hydrogens is 466 g/mol. The average molecular weight is 497 g/mol. The maximum absolute atomic E-state index is 13.8. The number of benzene rings is 2. The van der Waals surface area contributed by atoms with Gasteiger partial charge in [-0.3, -0.25) is 14.2 Å². The molecule has 4 atom stereocenters. The first-order valence-corrected chi connectivity index (χ1v) is 13.0. The number of ketones is 1. The molecule has 9 heteroatoms. The summed E-state index contributed by atoms with van der Waals surface area (Å²) in [6.07, 6.45) is 0. The summed E-state index contributed by atoms with van der Waals surface area (Å²) in [5.41, 5.74) is -0.848. The van der Waals surface area contributed by atoms with Gasteiger partial charge in [0.25, 0.3) is 0 Å². The van der Waals surface area contributed by atoms with E-state index in [0.717, 1.165) is 0 Å². The van der Waals surface area contributed by atoms with Crippen LogP contribution in [-0.4, -0.2) is 41.5 Å². The quantitative estimate of drug-likeness (QED) is 0.210. The van der Waals surface area contributed by atoms with E-state index < -0.39 is 48.6 Å². The van der Waals surface area contributed by atoms with Crippen LogP contribution >= 0.6 is 20.2 Å². The summed E-state index contributed by atoms with van der Waals surface area (Å²) < 4.78 is 38.1. The van der Waals surface area contributed by atoms with Gasteiger partial charge in [0.05, 0.1) is 19.1 Å². The summed E-state index contributed by atoms with van der Waals surface area (Å²) in [5, 5.41) is 10.2. The van der Waals surface area contributed by atoms with Gasteiger partial charge in [0.2, 0.25) is 0 Å². The van der Waals surface area contributed by atoms with Crippen LogP contribution in [0, 0.1) is 17.7 Å². The highest BCUT2D eigenvalue weighted by atomic mass is 32.1. The average Bonchev–Trinajstić information content (AvgIpc) is 2.79. The normalized spacial score (nSPS) is 15.4. The van der Waals surface area contributed by atoms with Gasteiger partial charge < -0.3 is 14.2 Å². The maximum atomic E-state index is 13.8. The molecular formula is C24H30FO6PS. The number of carbonyl (C=O) groups is 2. The molecule has 0 spiro atoms. The molecule has 0 amide bonds. The van der Waals surface area contributed by atoms with Gasteiger partial charge in [0.1, 0.15) is 5.82 Å². The molecule has 0 heterocycles. The van der Waals surface area contributed by atoms with E-state index in [0.29, 0.717) is 5.56 Å². The van der Waals surface area contributed by atoms with Gasteiger partial charge >= 0.3 is 13.6 Å². The van der Waals surface area contributed by atoms with Crippen LogP contribution in [0.1, 0.15) is 42.6 Å². The van der Waals surface area contributed by atoms with Crippen molar-refractivity contribution in [1.29, 1.82) is 0 Å². The molecule has 2 aromatic rings. The van der Waals surface area contributed by atoms with Crippen molar-refractivity contribution < 1.29 is 32.7 Å². The zero-order valence-electron chi connectivity index (χ0n) is 18.9. The molecule has 0 aromatic heterocycles. The van der Waals surface area contributed by atoms with Crippen molar-refractivity contribution in [3.8, 4) is 0 Å². The number of carboxylic acid groups (broad SMARTS) is 1. The van der Waals surface area contributed by atoms with Gasteiger partial charge in [-0.2, -0.15) is 12.6 Å². The number of aliphatic carboxylic acids is 1. The molecule has 0 radical (unpaired) electrons. The second-order valence-corrected chi connectivity index (χ2v) is 10.2. The number of halogens is 1. The molecule has 2 rings (SSSR count). The van der Waals surface area contributed by atoms with Gasteiger partial charge in [0, 0.05) is 11.5 Å². The smallest absolute Gasteiger partial charge is 0.345 e. The zero-order chi connectivity index (χ0) is 24.6. The third-order valence-electron chi connectivity index (χ3n) is 5.48. The van der Waals surface area contributed by atoms with Crippen LogP contribution in [0.3, 0.4) is 0 Å². The van der Waals surface area contributed by atoms with E-state index >= 15 is 0 Å². The number of hydrogen-bond donors (Lipinski definition) is 2. The van der Waals surface area contributed by atoms with Gasteiger partial charge in [-0.1, -0.05) is 37.3 Å². The zero-order valence-corrected chi connectivity index (χ0v) is 20.7. The Morgan fingerprint density at radius 1 is 1.03 bits per heavy atom. The summed E-state index contributed by atoms with van der Waals surface area (Å²) in [6, 6.07) is 13.8. The number of thiol groups is 1. The molecule has 0 aliphatic rings. The number of carboxylic acids is 1.